The summed E-state index contributed by atoms with van der Waals surface area (Å²) in [6.07, 6.45) is 0.879. The molecule has 0 spiro atoms. The molecule has 2 aromatic carbocycles. The van der Waals surface area contributed by atoms with Crippen LogP contribution in [0.1, 0.15) is 29.3 Å². The molecule has 2 aromatic heterocycles. The molecule has 5 nitrogen and oxygen atoms in total. The first kappa shape index (κ1) is 20.2. The zero-order valence-corrected chi connectivity index (χ0v) is 18.1. The van der Waals surface area contributed by atoms with Gasteiger partial charge in [0.2, 0.25) is 5.88 Å². The van der Waals surface area contributed by atoms with E-state index in [2.05, 4.69) is 46.3 Å². The van der Waals surface area contributed by atoms with E-state index in [0.29, 0.717) is 23.7 Å². The van der Waals surface area contributed by atoms with Crippen molar-refractivity contribution < 1.29 is 4.74 Å². The van der Waals surface area contributed by atoms with Gasteiger partial charge in [0, 0.05) is 42.7 Å². The Balaban J connectivity index is 1.63. The number of pyridine rings is 2. The van der Waals surface area contributed by atoms with E-state index >= 15 is 0 Å². The average molecular weight is 421 g/mol. The van der Waals surface area contributed by atoms with Crippen molar-refractivity contribution in [1.29, 1.82) is 5.26 Å². The van der Waals surface area contributed by atoms with E-state index in [-0.39, 0.29) is 0 Å². The van der Waals surface area contributed by atoms with Gasteiger partial charge in [-0.15, -0.1) is 0 Å². The standard InChI is InChI=1S/C27H24N4O/c1-2-32-27-23(16-28)25(20-11-7-4-8-12-20)22-15-21-18-31(17-19-9-5-3-6-10-19)14-13-24(21)29-26(22)30-27/h3-12,15H,2,13-14,17-18H2,1H3. The van der Waals surface area contributed by atoms with Gasteiger partial charge in [0.05, 0.1) is 6.61 Å². The van der Waals surface area contributed by atoms with Crippen molar-refractivity contribution >= 4 is 11.0 Å². The molecule has 4 aromatic rings. The maximum atomic E-state index is 9.99. The number of benzene rings is 2. The lowest BCUT2D eigenvalue weighted by molar-refractivity contribution is 0.244. The van der Waals surface area contributed by atoms with E-state index in [1.54, 1.807) is 0 Å². The van der Waals surface area contributed by atoms with E-state index in [9.17, 15) is 5.26 Å². The maximum absolute atomic E-state index is 9.99. The summed E-state index contributed by atoms with van der Waals surface area (Å²) in [6, 6.07) is 25.0. The minimum Gasteiger partial charge on any atom is -0.477 e. The fourth-order valence-corrected chi connectivity index (χ4v) is 4.41. The number of hydrogen-bond donors (Lipinski definition) is 0. The highest BCUT2D eigenvalue weighted by molar-refractivity contribution is 5.97. The Hall–Kier alpha value is -3.75. The molecule has 0 radical (unpaired) electrons. The minimum atomic E-state index is 0.357. The van der Waals surface area contributed by atoms with Gasteiger partial charge in [0.1, 0.15) is 11.6 Å². The van der Waals surface area contributed by atoms with Crippen molar-refractivity contribution in [2.24, 2.45) is 0 Å². The normalized spacial score (nSPS) is 13.5. The van der Waals surface area contributed by atoms with Crippen LogP contribution in [0.25, 0.3) is 22.2 Å². The molecule has 5 heteroatoms. The summed E-state index contributed by atoms with van der Waals surface area (Å²) in [6.45, 7) is 5.05. The zero-order chi connectivity index (χ0) is 21.9. The van der Waals surface area contributed by atoms with Crippen molar-refractivity contribution in [3.63, 3.8) is 0 Å². The van der Waals surface area contributed by atoms with Gasteiger partial charge in [-0.3, -0.25) is 4.90 Å². The first-order valence-corrected chi connectivity index (χ1v) is 11.0. The first-order valence-electron chi connectivity index (χ1n) is 11.0. The van der Waals surface area contributed by atoms with Gasteiger partial charge in [0.25, 0.3) is 0 Å². The predicted molar refractivity (Wildman–Crippen MR) is 125 cm³/mol. The van der Waals surface area contributed by atoms with Gasteiger partial charge < -0.3 is 4.74 Å². The second-order valence-corrected chi connectivity index (χ2v) is 7.99. The third kappa shape index (κ3) is 3.81. The van der Waals surface area contributed by atoms with Crippen LogP contribution in [0.3, 0.4) is 0 Å². The summed E-state index contributed by atoms with van der Waals surface area (Å²) < 4.78 is 5.74. The quantitative estimate of drug-likeness (QED) is 0.448. The number of rotatable bonds is 5. The molecule has 0 bridgehead atoms. The van der Waals surface area contributed by atoms with E-state index in [4.69, 9.17) is 9.72 Å². The summed E-state index contributed by atoms with van der Waals surface area (Å²) in [4.78, 5) is 12.0. The number of nitrogens with zero attached hydrogens (tertiary/aromatic N) is 4. The highest BCUT2D eigenvalue weighted by Crippen LogP contribution is 2.37. The fourth-order valence-electron chi connectivity index (χ4n) is 4.41. The van der Waals surface area contributed by atoms with Crippen molar-refractivity contribution in [2.75, 3.05) is 13.2 Å². The third-order valence-corrected chi connectivity index (χ3v) is 5.87. The molecule has 0 atom stereocenters. The van der Waals surface area contributed by atoms with Crippen LogP contribution in [-0.4, -0.2) is 28.0 Å². The van der Waals surface area contributed by atoms with E-state index in [1.165, 1.54) is 11.1 Å². The third-order valence-electron chi connectivity index (χ3n) is 5.87. The van der Waals surface area contributed by atoms with Crippen molar-refractivity contribution in [3.05, 3.63) is 89.1 Å². The first-order chi connectivity index (χ1) is 15.8. The number of ether oxygens (including phenoxy) is 1. The average Bonchev–Trinajstić information content (AvgIpc) is 2.83. The molecule has 5 rings (SSSR count). The SMILES string of the molecule is CCOc1nc2nc3c(cc2c(-c2ccccc2)c1C#N)CN(Cc1ccccc1)CC3. The van der Waals surface area contributed by atoms with E-state index in [0.717, 1.165) is 48.3 Å². The van der Waals surface area contributed by atoms with Crippen molar-refractivity contribution in [3.8, 4) is 23.1 Å². The number of nitriles is 1. The molecule has 3 heterocycles. The molecule has 0 saturated heterocycles. The maximum Gasteiger partial charge on any atom is 0.234 e. The monoisotopic (exact) mass is 420 g/mol. The Morgan fingerprint density at radius 2 is 1.78 bits per heavy atom. The van der Waals surface area contributed by atoms with Crippen molar-refractivity contribution in [2.45, 2.75) is 26.4 Å². The van der Waals surface area contributed by atoms with E-state index in [1.807, 2.05) is 43.3 Å². The summed E-state index contributed by atoms with van der Waals surface area (Å²) in [5.41, 5.74) is 6.51. The molecule has 0 fully saturated rings. The summed E-state index contributed by atoms with van der Waals surface area (Å²) in [5, 5.41) is 10.9. The van der Waals surface area contributed by atoms with Crippen LogP contribution >= 0.6 is 0 Å². The van der Waals surface area contributed by atoms with Crippen LogP contribution in [0.2, 0.25) is 0 Å². The molecular weight excluding hydrogens is 396 g/mol. The lowest BCUT2D eigenvalue weighted by atomic mass is 9.95. The van der Waals surface area contributed by atoms with E-state index < -0.39 is 0 Å². The van der Waals surface area contributed by atoms with Gasteiger partial charge in [0.15, 0.2) is 5.65 Å². The predicted octanol–water partition coefficient (Wildman–Crippen LogP) is 5.13. The smallest absolute Gasteiger partial charge is 0.234 e. The molecule has 0 N–H and O–H groups in total. The van der Waals surface area contributed by atoms with Gasteiger partial charge >= 0.3 is 0 Å². The molecule has 0 unspecified atom stereocenters. The highest BCUT2D eigenvalue weighted by Gasteiger charge is 2.23. The van der Waals surface area contributed by atoms with Crippen LogP contribution in [0, 0.1) is 11.3 Å². The Morgan fingerprint density at radius 3 is 2.50 bits per heavy atom. The van der Waals surface area contributed by atoms with Crippen LogP contribution in [0.4, 0.5) is 0 Å². The molecule has 1 aliphatic rings. The molecule has 0 saturated carbocycles. The van der Waals surface area contributed by atoms with Crippen LogP contribution < -0.4 is 4.74 Å². The molecule has 1 aliphatic heterocycles. The summed E-state index contributed by atoms with van der Waals surface area (Å²) in [5.74, 6) is 0.357. The topological polar surface area (TPSA) is 62.0 Å². The fraction of sp³-hybridized carbons (Fsp3) is 0.222. The second-order valence-electron chi connectivity index (χ2n) is 7.99. The zero-order valence-electron chi connectivity index (χ0n) is 18.1. The highest BCUT2D eigenvalue weighted by atomic mass is 16.5. The summed E-state index contributed by atoms with van der Waals surface area (Å²) in [7, 11) is 0. The van der Waals surface area contributed by atoms with Gasteiger partial charge in [-0.25, -0.2) is 4.98 Å². The van der Waals surface area contributed by atoms with Gasteiger partial charge in [-0.2, -0.15) is 10.2 Å². The Morgan fingerprint density at radius 1 is 1.03 bits per heavy atom. The van der Waals surface area contributed by atoms with Gasteiger partial charge in [-0.05, 0) is 29.7 Å². The number of aromatic nitrogens is 2. The molecule has 32 heavy (non-hydrogen) atoms. The van der Waals surface area contributed by atoms with Crippen LogP contribution in [0.15, 0.2) is 66.7 Å². The molecule has 0 aliphatic carbocycles. The lowest BCUT2D eigenvalue weighted by Gasteiger charge is -2.28. The second kappa shape index (κ2) is 8.78. The molecule has 0 amide bonds. The number of fused-ring (bicyclic) bond motifs is 2. The van der Waals surface area contributed by atoms with Crippen LogP contribution in [0.5, 0.6) is 5.88 Å². The molecule has 158 valence electrons. The largest absolute Gasteiger partial charge is 0.477 e. The minimum absolute atomic E-state index is 0.357. The van der Waals surface area contributed by atoms with Gasteiger partial charge in [-0.1, -0.05) is 60.7 Å². The number of hydrogen-bond acceptors (Lipinski definition) is 5. The summed E-state index contributed by atoms with van der Waals surface area (Å²) >= 11 is 0. The van der Waals surface area contributed by atoms with Crippen molar-refractivity contribution in [1.82, 2.24) is 14.9 Å². The Labute approximate surface area is 187 Å². The Bertz CT molecular complexity index is 1300. The molecular formula is C27H24N4O. The van der Waals surface area contributed by atoms with Crippen LogP contribution in [-0.2, 0) is 19.5 Å². The Kier molecular flexibility index (Phi) is 5.53. The lowest BCUT2D eigenvalue weighted by Crippen LogP contribution is -2.30.